The maximum atomic E-state index is 4.19. The molecule has 0 amide bonds. The maximum absolute atomic E-state index is 4.19. The molecule has 1 nitrogen and oxygen atoms in total. The Kier molecular flexibility index (Phi) is 5.47. The zero-order chi connectivity index (χ0) is 12.6. The van der Waals surface area contributed by atoms with Crippen LogP contribution in [0.2, 0.25) is 0 Å². The summed E-state index contributed by atoms with van der Waals surface area (Å²) >= 11 is 0. The molecule has 0 unspecified atom stereocenters. The third-order valence-electron chi connectivity index (χ3n) is 3.89. The molecule has 0 heterocycles. The molecule has 1 aliphatic rings. The predicted molar refractivity (Wildman–Crippen MR) is 79.6 cm³/mol. The van der Waals surface area contributed by atoms with Gasteiger partial charge in [-0.05, 0) is 24.0 Å². The first kappa shape index (κ1) is 13.4. The van der Waals surface area contributed by atoms with Gasteiger partial charge in [0, 0.05) is 12.6 Å². The van der Waals surface area contributed by atoms with Gasteiger partial charge in [-0.1, -0.05) is 69.0 Å². The van der Waals surface area contributed by atoms with Crippen molar-refractivity contribution < 1.29 is 0 Å². The molecular formula is C17H25N. The quantitative estimate of drug-likeness (QED) is 0.826. The lowest BCUT2D eigenvalue weighted by atomic mass is 9.96. The molecule has 0 atom stereocenters. The van der Waals surface area contributed by atoms with Gasteiger partial charge in [0.15, 0.2) is 0 Å². The van der Waals surface area contributed by atoms with Crippen LogP contribution in [-0.4, -0.2) is 12.6 Å². The van der Waals surface area contributed by atoms with Crippen molar-refractivity contribution in [1.29, 1.82) is 0 Å². The summed E-state index contributed by atoms with van der Waals surface area (Å²) in [6, 6.07) is 11.2. The summed E-state index contributed by atoms with van der Waals surface area (Å²) in [5.41, 5.74) is 2.47. The third-order valence-corrected chi connectivity index (χ3v) is 3.89. The second kappa shape index (κ2) is 7.38. The number of nitrogens with one attached hydrogen (secondary N) is 1. The Morgan fingerprint density at radius 2 is 1.61 bits per heavy atom. The highest BCUT2D eigenvalue weighted by Crippen LogP contribution is 2.18. The number of rotatable bonds is 4. The third kappa shape index (κ3) is 4.30. The van der Waals surface area contributed by atoms with Crippen LogP contribution < -0.4 is 5.32 Å². The van der Waals surface area contributed by atoms with Crippen molar-refractivity contribution >= 4 is 5.57 Å². The molecule has 1 aliphatic carbocycles. The normalized spacial score (nSPS) is 18.0. The fraction of sp³-hybridized carbons (Fsp3) is 0.529. The highest BCUT2D eigenvalue weighted by Gasteiger charge is 2.10. The van der Waals surface area contributed by atoms with Crippen molar-refractivity contribution in [3.05, 3.63) is 42.5 Å². The van der Waals surface area contributed by atoms with Gasteiger partial charge in [-0.3, -0.25) is 0 Å². The van der Waals surface area contributed by atoms with Crippen molar-refractivity contribution in [1.82, 2.24) is 5.32 Å². The van der Waals surface area contributed by atoms with Crippen molar-refractivity contribution in [3.8, 4) is 0 Å². The lowest BCUT2D eigenvalue weighted by molar-refractivity contribution is 0.403. The van der Waals surface area contributed by atoms with Crippen LogP contribution in [0.25, 0.3) is 5.57 Å². The van der Waals surface area contributed by atoms with Gasteiger partial charge < -0.3 is 5.32 Å². The average molecular weight is 243 g/mol. The van der Waals surface area contributed by atoms with E-state index in [-0.39, 0.29) is 0 Å². The van der Waals surface area contributed by atoms with Gasteiger partial charge in [-0.25, -0.2) is 0 Å². The molecular weight excluding hydrogens is 218 g/mol. The maximum Gasteiger partial charge on any atom is 0.0208 e. The Bertz CT molecular complexity index is 347. The minimum absolute atomic E-state index is 0.700. The fourth-order valence-electron chi connectivity index (χ4n) is 2.70. The summed E-state index contributed by atoms with van der Waals surface area (Å²) in [5.74, 6) is 0. The molecule has 1 aromatic rings. The molecule has 98 valence electrons. The topological polar surface area (TPSA) is 12.0 Å². The van der Waals surface area contributed by atoms with E-state index in [0.29, 0.717) is 6.04 Å². The molecule has 1 heteroatoms. The molecule has 0 bridgehead atoms. The van der Waals surface area contributed by atoms with E-state index < -0.39 is 0 Å². The molecule has 1 aromatic carbocycles. The first-order valence-corrected chi connectivity index (χ1v) is 7.33. The van der Waals surface area contributed by atoms with Crippen LogP contribution in [0.15, 0.2) is 36.9 Å². The summed E-state index contributed by atoms with van der Waals surface area (Å²) in [6.45, 7) is 5.11. The Morgan fingerprint density at radius 1 is 1.00 bits per heavy atom. The van der Waals surface area contributed by atoms with E-state index in [4.69, 9.17) is 0 Å². The monoisotopic (exact) mass is 243 g/mol. The van der Waals surface area contributed by atoms with E-state index in [1.807, 2.05) is 0 Å². The highest BCUT2D eigenvalue weighted by atomic mass is 14.9. The standard InChI is InChI=1S/C17H25N/c1-15(16-10-6-5-7-11-16)14-18-17-12-8-3-2-4-9-13-17/h5-7,10-11,17-18H,1-4,8-9,12-14H2. The van der Waals surface area contributed by atoms with Crippen molar-refractivity contribution in [2.45, 2.75) is 51.0 Å². The van der Waals surface area contributed by atoms with E-state index >= 15 is 0 Å². The molecule has 0 aromatic heterocycles. The van der Waals surface area contributed by atoms with Gasteiger partial charge in [0.05, 0.1) is 0 Å². The second-order valence-electron chi connectivity index (χ2n) is 5.39. The minimum atomic E-state index is 0.700. The van der Waals surface area contributed by atoms with Gasteiger partial charge in [0.2, 0.25) is 0 Å². The summed E-state index contributed by atoms with van der Waals surface area (Å²) in [7, 11) is 0. The molecule has 1 fully saturated rings. The van der Waals surface area contributed by atoms with Crippen LogP contribution in [0.1, 0.15) is 50.5 Å². The summed E-state index contributed by atoms with van der Waals surface area (Å²) in [4.78, 5) is 0. The van der Waals surface area contributed by atoms with Crippen molar-refractivity contribution in [2.24, 2.45) is 0 Å². The Morgan fingerprint density at radius 3 is 2.28 bits per heavy atom. The van der Waals surface area contributed by atoms with Crippen LogP contribution in [0.3, 0.4) is 0 Å². The van der Waals surface area contributed by atoms with Crippen LogP contribution in [-0.2, 0) is 0 Å². The van der Waals surface area contributed by atoms with Crippen LogP contribution in [0.5, 0.6) is 0 Å². The lowest BCUT2D eigenvalue weighted by Gasteiger charge is -2.21. The zero-order valence-electron chi connectivity index (χ0n) is 11.3. The molecule has 0 spiro atoms. The smallest absolute Gasteiger partial charge is 0.0208 e. The first-order valence-electron chi connectivity index (χ1n) is 7.33. The summed E-state index contributed by atoms with van der Waals surface area (Å²) < 4.78 is 0. The SMILES string of the molecule is C=C(CNC1CCCCCCC1)c1ccccc1. The van der Waals surface area contributed by atoms with E-state index in [2.05, 4.69) is 42.2 Å². The minimum Gasteiger partial charge on any atom is -0.310 e. The van der Waals surface area contributed by atoms with Crippen LogP contribution in [0, 0.1) is 0 Å². The van der Waals surface area contributed by atoms with E-state index in [9.17, 15) is 0 Å². The average Bonchev–Trinajstić information content (AvgIpc) is 2.38. The molecule has 0 aliphatic heterocycles. The largest absolute Gasteiger partial charge is 0.310 e. The van der Waals surface area contributed by atoms with Gasteiger partial charge in [-0.15, -0.1) is 0 Å². The Hall–Kier alpha value is -1.08. The zero-order valence-corrected chi connectivity index (χ0v) is 11.3. The molecule has 1 saturated carbocycles. The molecule has 1 N–H and O–H groups in total. The molecule has 18 heavy (non-hydrogen) atoms. The van der Waals surface area contributed by atoms with E-state index in [0.717, 1.165) is 6.54 Å². The Balaban J connectivity index is 1.78. The lowest BCUT2D eigenvalue weighted by Crippen LogP contribution is -2.30. The Labute approximate surface area is 111 Å². The number of hydrogen-bond donors (Lipinski definition) is 1. The van der Waals surface area contributed by atoms with E-state index in [1.54, 1.807) is 0 Å². The summed E-state index contributed by atoms with van der Waals surface area (Å²) in [5, 5.41) is 3.69. The van der Waals surface area contributed by atoms with Gasteiger partial charge in [-0.2, -0.15) is 0 Å². The number of benzene rings is 1. The van der Waals surface area contributed by atoms with Crippen molar-refractivity contribution in [2.75, 3.05) is 6.54 Å². The summed E-state index contributed by atoms with van der Waals surface area (Å²) in [6.07, 6.45) is 9.70. The van der Waals surface area contributed by atoms with Gasteiger partial charge in [0.25, 0.3) is 0 Å². The van der Waals surface area contributed by atoms with Gasteiger partial charge >= 0.3 is 0 Å². The second-order valence-corrected chi connectivity index (χ2v) is 5.39. The highest BCUT2D eigenvalue weighted by molar-refractivity contribution is 5.64. The fourth-order valence-corrected chi connectivity index (χ4v) is 2.70. The van der Waals surface area contributed by atoms with Crippen LogP contribution in [0.4, 0.5) is 0 Å². The molecule has 0 saturated heterocycles. The van der Waals surface area contributed by atoms with Crippen LogP contribution >= 0.6 is 0 Å². The molecule has 2 rings (SSSR count). The molecule has 0 radical (unpaired) electrons. The van der Waals surface area contributed by atoms with E-state index in [1.165, 1.54) is 56.1 Å². The van der Waals surface area contributed by atoms with Crippen molar-refractivity contribution in [3.63, 3.8) is 0 Å². The predicted octanol–water partition coefficient (Wildman–Crippen LogP) is 4.40. The number of hydrogen-bond acceptors (Lipinski definition) is 1. The van der Waals surface area contributed by atoms with Gasteiger partial charge in [0.1, 0.15) is 0 Å². The first-order chi connectivity index (χ1) is 8.86.